The van der Waals surface area contributed by atoms with Crippen molar-refractivity contribution in [1.82, 2.24) is 0 Å². The largest absolute Gasteiger partial charge is 0.299 e. The van der Waals surface area contributed by atoms with Crippen LogP contribution in [0.15, 0.2) is 29.2 Å². The van der Waals surface area contributed by atoms with Gasteiger partial charge in [-0.25, -0.2) is 0 Å². The summed E-state index contributed by atoms with van der Waals surface area (Å²) in [6.07, 6.45) is 0. The van der Waals surface area contributed by atoms with Crippen molar-refractivity contribution in [2.75, 3.05) is 5.75 Å². The fourth-order valence-corrected chi connectivity index (χ4v) is 1.52. The molecule has 0 aliphatic carbocycles. The van der Waals surface area contributed by atoms with E-state index in [9.17, 15) is 4.79 Å². The van der Waals surface area contributed by atoms with Crippen molar-refractivity contribution in [3.63, 3.8) is 0 Å². The summed E-state index contributed by atoms with van der Waals surface area (Å²) in [7, 11) is 2.05. The third-order valence-electron chi connectivity index (χ3n) is 1.46. The number of rotatable bonds is 3. The van der Waals surface area contributed by atoms with Crippen LogP contribution in [0.4, 0.5) is 0 Å². The first-order valence-electron chi connectivity index (χ1n) is 3.87. The average molecular weight is 178 g/mol. The molecule has 1 nitrogen and oxygen atoms in total. The van der Waals surface area contributed by atoms with Gasteiger partial charge in [-0.15, -0.1) is 11.8 Å². The van der Waals surface area contributed by atoms with Crippen LogP contribution in [0.5, 0.6) is 0 Å². The Kier molecular flexibility index (Phi) is 3.41. The standard InChI is InChI=1S/C9H11BOS/c1-7(11)6-12-9-4-2-8(10)3-5-9/h2-5H,6,10H2,1H3. The van der Waals surface area contributed by atoms with E-state index in [-0.39, 0.29) is 5.78 Å². The topological polar surface area (TPSA) is 17.1 Å². The predicted molar refractivity (Wildman–Crippen MR) is 56.0 cm³/mol. The highest BCUT2D eigenvalue weighted by atomic mass is 32.2. The molecule has 62 valence electrons. The second-order valence-electron chi connectivity index (χ2n) is 2.80. The van der Waals surface area contributed by atoms with Gasteiger partial charge in [0.15, 0.2) is 0 Å². The van der Waals surface area contributed by atoms with Crippen LogP contribution in [0.2, 0.25) is 0 Å². The lowest BCUT2D eigenvalue weighted by molar-refractivity contribution is -0.114. The SMILES string of the molecule is Bc1ccc(SCC(C)=O)cc1. The molecule has 1 aromatic carbocycles. The number of carbonyl (C=O) groups is 1. The highest BCUT2D eigenvalue weighted by Gasteiger charge is 1.95. The van der Waals surface area contributed by atoms with Crippen LogP contribution in [0, 0.1) is 0 Å². The van der Waals surface area contributed by atoms with Gasteiger partial charge in [-0.1, -0.05) is 17.6 Å². The molecule has 0 aromatic heterocycles. The average Bonchev–Trinajstić information content (AvgIpc) is 2.03. The third-order valence-corrected chi connectivity index (χ3v) is 2.62. The van der Waals surface area contributed by atoms with Crippen LogP contribution in [-0.2, 0) is 4.79 Å². The third kappa shape index (κ3) is 3.14. The van der Waals surface area contributed by atoms with Gasteiger partial charge in [0.2, 0.25) is 0 Å². The maximum atomic E-state index is 10.7. The van der Waals surface area contributed by atoms with Gasteiger partial charge >= 0.3 is 0 Å². The van der Waals surface area contributed by atoms with Crippen LogP contribution >= 0.6 is 11.8 Å². The van der Waals surface area contributed by atoms with Gasteiger partial charge in [-0.3, -0.25) is 4.79 Å². The second kappa shape index (κ2) is 4.36. The molecule has 3 heteroatoms. The van der Waals surface area contributed by atoms with Crippen molar-refractivity contribution < 1.29 is 4.79 Å². The second-order valence-corrected chi connectivity index (χ2v) is 3.85. The van der Waals surface area contributed by atoms with Gasteiger partial charge in [0.1, 0.15) is 13.6 Å². The van der Waals surface area contributed by atoms with Crippen LogP contribution in [0.3, 0.4) is 0 Å². The molecule has 0 atom stereocenters. The normalized spacial score (nSPS) is 9.75. The Bertz CT molecular complexity index is 268. The summed E-state index contributed by atoms with van der Waals surface area (Å²) in [5.41, 5.74) is 1.25. The molecule has 0 N–H and O–H groups in total. The van der Waals surface area contributed by atoms with Gasteiger partial charge in [0.25, 0.3) is 0 Å². The molecule has 0 heterocycles. The minimum Gasteiger partial charge on any atom is -0.299 e. The van der Waals surface area contributed by atoms with Gasteiger partial charge < -0.3 is 0 Å². The van der Waals surface area contributed by atoms with E-state index in [0.717, 1.165) is 4.90 Å². The summed E-state index contributed by atoms with van der Waals surface area (Å²) >= 11 is 1.59. The molecule has 1 aromatic rings. The minimum absolute atomic E-state index is 0.223. The van der Waals surface area contributed by atoms with E-state index in [2.05, 4.69) is 20.0 Å². The summed E-state index contributed by atoms with van der Waals surface area (Å²) in [6, 6.07) is 8.21. The maximum absolute atomic E-state index is 10.7. The Labute approximate surface area is 78.0 Å². The van der Waals surface area contributed by atoms with E-state index in [1.165, 1.54) is 5.46 Å². The Morgan fingerprint density at radius 3 is 2.50 bits per heavy atom. The Morgan fingerprint density at radius 2 is 2.00 bits per heavy atom. The molecule has 0 aliphatic rings. The molecule has 0 radical (unpaired) electrons. The lowest BCUT2D eigenvalue weighted by atomic mass is 9.97. The first-order chi connectivity index (χ1) is 5.68. The smallest absolute Gasteiger partial charge is 0.140 e. The van der Waals surface area contributed by atoms with E-state index in [1.54, 1.807) is 18.7 Å². The van der Waals surface area contributed by atoms with Gasteiger partial charge in [0.05, 0.1) is 5.75 Å². The highest BCUT2D eigenvalue weighted by Crippen LogP contribution is 2.15. The molecule has 0 saturated heterocycles. The maximum Gasteiger partial charge on any atom is 0.140 e. The predicted octanol–water partition coefficient (Wildman–Crippen LogP) is 0.626. The summed E-state index contributed by atoms with van der Waals surface area (Å²) < 4.78 is 0. The van der Waals surface area contributed by atoms with E-state index >= 15 is 0 Å². The molecular weight excluding hydrogens is 167 g/mol. The van der Waals surface area contributed by atoms with Crippen LogP contribution < -0.4 is 5.46 Å². The molecule has 0 fully saturated rings. The van der Waals surface area contributed by atoms with Crippen LogP contribution in [-0.4, -0.2) is 19.4 Å². The molecule has 0 spiro atoms. The van der Waals surface area contributed by atoms with Crippen molar-refractivity contribution >= 4 is 30.9 Å². The molecular formula is C9H11BOS. The first-order valence-corrected chi connectivity index (χ1v) is 4.86. The molecule has 0 bridgehead atoms. The Hall–Kier alpha value is -0.695. The summed E-state index contributed by atoms with van der Waals surface area (Å²) in [5, 5.41) is 0. The van der Waals surface area contributed by atoms with E-state index in [4.69, 9.17) is 0 Å². The van der Waals surface area contributed by atoms with Crippen LogP contribution in [0.1, 0.15) is 6.92 Å². The molecule has 1 rings (SSSR count). The minimum atomic E-state index is 0.223. The first kappa shape index (κ1) is 9.39. The molecule has 0 amide bonds. The lowest BCUT2D eigenvalue weighted by Gasteiger charge is -1.98. The summed E-state index contributed by atoms with van der Waals surface area (Å²) in [5.74, 6) is 0.795. The number of hydrogen-bond donors (Lipinski definition) is 0. The lowest BCUT2D eigenvalue weighted by Crippen LogP contribution is -1.99. The monoisotopic (exact) mass is 178 g/mol. The number of benzene rings is 1. The fraction of sp³-hybridized carbons (Fsp3) is 0.222. The summed E-state index contributed by atoms with van der Waals surface area (Å²) in [4.78, 5) is 11.8. The van der Waals surface area contributed by atoms with Gasteiger partial charge in [-0.05, 0) is 19.1 Å². The number of ketones is 1. The zero-order chi connectivity index (χ0) is 8.97. The molecule has 0 saturated carbocycles. The zero-order valence-electron chi connectivity index (χ0n) is 7.33. The van der Waals surface area contributed by atoms with Crippen molar-refractivity contribution in [2.24, 2.45) is 0 Å². The quantitative estimate of drug-likeness (QED) is 0.498. The molecule has 0 unspecified atom stereocenters. The molecule has 0 aliphatic heterocycles. The van der Waals surface area contributed by atoms with Crippen molar-refractivity contribution in [3.8, 4) is 0 Å². The zero-order valence-corrected chi connectivity index (χ0v) is 8.15. The van der Waals surface area contributed by atoms with Crippen LogP contribution in [0.25, 0.3) is 0 Å². The van der Waals surface area contributed by atoms with E-state index in [0.29, 0.717) is 5.75 Å². The Morgan fingerprint density at radius 1 is 1.42 bits per heavy atom. The number of carbonyl (C=O) groups excluding carboxylic acids is 1. The highest BCUT2D eigenvalue weighted by molar-refractivity contribution is 8.00. The fourth-order valence-electron chi connectivity index (χ4n) is 0.819. The number of hydrogen-bond acceptors (Lipinski definition) is 2. The van der Waals surface area contributed by atoms with Gasteiger partial charge in [-0.2, -0.15) is 0 Å². The molecule has 12 heavy (non-hydrogen) atoms. The van der Waals surface area contributed by atoms with Gasteiger partial charge in [0, 0.05) is 4.90 Å². The Balaban J connectivity index is 2.53. The van der Waals surface area contributed by atoms with Crippen molar-refractivity contribution in [3.05, 3.63) is 24.3 Å². The number of thioether (sulfide) groups is 1. The summed E-state index contributed by atoms with van der Waals surface area (Å²) in [6.45, 7) is 1.61. The number of Topliss-reactive ketones (excluding diaryl/α,β-unsaturated/α-hetero) is 1. The van der Waals surface area contributed by atoms with Crippen molar-refractivity contribution in [1.29, 1.82) is 0 Å². The van der Waals surface area contributed by atoms with E-state index < -0.39 is 0 Å². The van der Waals surface area contributed by atoms with Crippen molar-refractivity contribution in [2.45, 2.75) is 11.8 Å². The van der Waals surface area contributed by atoms with E-state index in [1.807, 2.05) is 12.1 Å².